The molecule has 0 aliphatic rings. The van der Waals surface area contributed by atoms with E-state index in [2.05, 4.69) is 52.8 Å². The van der Waals surface area contributed by atoms with Gasteiger partial charge in [0.25, 0.3) is 0 Å². The van der Waals surface area contributed by atoms with Gasteiger partial charge in [-0.05, 0) is 55.2 Å². The summed E-state index contributed by atoms with van der Waals surface area (Å²) in [6.45, 7) is 10.6. The molecule has 1 nitrogen and oxygen atoms in total. The third-order valence-corrected chi connectivity index (χ3v) is 3.55. The molecule has 1 aromatic rings. The van der Waals surface area contributed by atoms with Gasteiger partial charge in [0, 0.05) is 0 Å². The Morgan fingerprint density at radius 1 is 1.12 bits per heavy atom. The maximum Gasteiger partial charge on any atom is 0.0588 e. The fourth-order valence-electron chi connectivity index (χ4n) is 2.15. The third kappa shape index (κ3) is 4.16. The number of hydrogen-bond donors (Lipinski definition) is 1. The van der Waals surface area contributed by atoms with Gasteiger partial charge in [0.15, 0.2) is 0 Å². The molecule has 1 rings (SSSR count). The second-order valence-corrected chi connectivity index (χ2v) is 6.14. The SMILES string of the molecule is Cc1cccc(C)c1CCCC(O)C(C)(C)C. The monoisotopic (exact) mass is 234 g/mol. The topological polar surface area (TPSA) is 20.2 Å². The normalized spacial score (nSPS) is 13.8. The minimum atomic E-state index is -0.202. The molecule has 0 spiro atoms. The van der Waals surface area contributed by atoms with Gasteiger partial charge in [-0.15, -0.1) is 0 Å². The van der Waals surface area contributed by atoms with Crippen LogP contribution < -0.4 is 0 Å². The van der Waals surface area contributed by atoms with Crippen molar-refractivity contribution >= 4 is 0 Å². The number of aryl methyl sites for hydroxylation is 2. The van der Waals surface area contributed by atoms with E-state index in [1.54, 1.807) is 0 Å². The van der Waals surface area contributed by atoms with E-state index in [0.29, 0.717) is 0 Å². The van der Waals surface area contributed by atoms with Crippen molar-refractivity contribution in [2.75, 3.05) is 0 Å². The fourth-order valence-corrected chi connectivity index (χ4v) is 2.15. The van der Waals surface area contributed by atoms with Crippen LogP contribution in [0, 0.1) is 19.3 Å². The minimum Gasteiger partial charge on any atom is -0.393 e. The molecule has 17 heavy (non-hydrogen) atoms. The van der Waals surface area contributed by atoms with E-state index in [-0.39, 0.29) is 11.5 Å². The first-order valence-corrected chi connectivity index (χ1v) is 6.55. The first-order valence-electron chi connectivity index (χ1n) is 6.55. The van der Waals surface area contributed by atoms with Crippen LogP contribution in [0.25, 0.3) is 0 Å². The number of rotatable bonds is 4. The predicted octanol–water partition coefficient (Wildman–Crippen LogP) is 4.03. The zero-order valence-electron chi connectivity index (χ0n) is 11.9. The van der Waals surface area contributed by atoms with E-state index in [9.17, 15) is 5.11 Å². The molecule has 1 unspecified atom stereocenters. The van der Waals surface area contributed by atoms with Gasteiger partial charge in [-0.3, -0.25) is 0 Å². The van der Waals surface area contributed by atoms with Crippen LogP contribution in [0.1, 0.15) is 50.3 Å². The van der Waals surface area contributed by atoms with Crippen molar-refractivity contribution in [3.05, 3.63) is 34.9 Å². The van der Waals surface area contributed by atoms with Gasteiger partial charge in [-0.2, -0.15) is 0 Å². The van der Waals surface area contributed by atoms with Crippen molar-refractivity contribution in [3.8, 4) is 0 Å². The lowest BCUT2D eigenvalue weighted by Crippen LogP contribution is -2.25. The second kappa shape index (κ2) is 5.68. The Hall–Kier alpha value is -0.820. The lowest BCUT2D eigenvalue weighted by atomic mass is 9.85. The van der Waals surface area contributed by atoms with Gasteiger partial charge in [-0.1, -0.05) is 39.0 Å². The number of aliphatic hydroxyl groups is 1. The van der Waals surface area contributed by atoms with E-state index in [1.165, 1.54) is 16.7 Å². The lowest BCUT2D eigenvalue weighted by Gasteiger charge is -2.25. The summed E-state index contributed by atoms with van der Waals surface area (Å²) in [5.41, 5.74) is 4.19. The van der Waals surface area contributed by atoms with Crippen LogP contribution in [0.4, 0.5) is 0 Å². The van der Waals surface area contributed by atoms with Crippen LogP contribution in [0.3, 0.4) is 0 Å². The Labute approximate surface area is 106 Å². The highest BCUT2D eigenvalue weighted by atomic mass is 16.3. The van der Waals surface area contributed by atoms with Gasteiger partial charge >= 0.3 is 0 Å². The molecule has 96 valence electrons. The van der Waals surface area contributed by atoms with Crippen LogP contribution in [0.15, 0.2) is 18.2 Å². The molecule has 0 aliphatic carbocycles. The molecule has 0 radical (unpaired) electrons. The molecule has 1 aromatic carbocycles. The zero-order valence-corrected chi connectivity index (χ0v) is 11.9. The van der Waals surface area contributed by atoms with Crippen LogP contribution >= 0.6 is 0 Å². The quantitative estimate of drug-likeness (QED) is 0.834. The average Bonchev–Trinajstić information content (AvgIpc) is 2.20. The highest BCUT2D eigenvalue weighted by Gasteiger charge is 2.21. The maximum atomic E-state index is 10.0. The minimum absolute atomic E-state index is 0.000771. The molecule has 1 atom stereocenters. The smallest absolute Gasteiger partial charge is 0.0588 e. The summed E-state index contributed by atoms with van der Waals surface area (Å²) in [5.74, 6) is 0. The largest absolute Gasteiger partial charge is 0.393 e. The van der Waals surface area contributed by atoms with E-state index in [4.69, 9.17) is 0 Å². The number of aliphatic hydroxyl groups excluding tert-OH is 1. The van der Waals surface area contributed by atoms with E-state index in [1.807, 2.05) is 0 Å². The summed E-state index contributed by atoms with van der Waals surface area (Å²) in [5, 5.41) is 10.0. The Kier molecular flexibility index (Phi) is 4.76. The van der Waals surface area contributed by atoms with E-state index >= 15 is 0 Å². The van der Waals surface area contributed by atoms with E-state index < -0.39 is 0 Å². The Morgan fingerprint density at radius 2 is 1.65 bits per heavy atom. The molecule has 0 amide bonds. The molecule has 0 aromatic heterocycles. The first-order chi connectivity index (χ1) is 7.82. The van der Waals surface area contributed by atoms with Gasteiger partial charge in [-0.25, -0.2) is 0 Å². The van der Waals surface area contributed by atoms with Crippen LogP contribution in [-0.2, 0) is 6.42 Å². The van der Waals surface area contributed by atoms with Crippen molar-refractivity contribution in [1.29, 1.82) is 0 Å². The molecular formula is C16H26O. The number of hydrogen-bond acceptors (Lipinski definition) is 1. The molecule has 1 heteroatoms. The highest BCUT2D eigenvalue weighted by molar-refractivity contribution is 5.33. The maximum absolute atomic E-state index is 10.0. The highest BCUT2D eigenvalue weighted by Crippen LogP contribution is 2.24. The van der Waals surface area contributed by atoms with Gasteiger partial charge in [0.2, 0.25) is 0 Å². The average molecular weight is 234 g/mol. The third-order valence-electron chi connectivity index (χ3n) is 3.55. The van der Waals surface area contributed by atoms with Crippen LogP contribution in [-0.4, -0.2) is 11.2 Å². The second-order valence-electron chi connectivity index (χ2n) is 6.14. The van der Waals surface area contributed by atoms with Gasteiger partial charge < -0.3 is 5.11 Å². The summed E-state index contributed by atoms with van der Waals surface area (Å²) >= 11 is 0. The Morgan fingerprint density at radius 3 is 2.12 bits per heavy atom. The molecule has 1 N–H and O–H groups in total. The Bertz CT molecular complexity index is 340. The zero-order chi connectivity index (χ0) is 13.1. The summed E-state index contributed by atoms with van der Waals surface area (Å²) in [7, 11) is 0. The molecule has 0 bridgehead atoms. The molecular weight excluding hydrogens is 208 g/mol. The van der Waals surface area contributed by atoms with Crippen molar-refractivity contribution in [2.24, 2.45) is 5.41 Å². The van der Waals surface area contributed by atoms with Crippen molar-refractivity contribution in [1.82, 2.24) is 0 Å². The molecule has 0 heterocycles. The van der Waals surface area contributed by atoms with Gasteiger partial charge in [0.1, 0.15) is 0 Å². The summed E-state index contributed by atoms with van der Waals surface area (Å²) in [6.07, 6.45) is 2.82. The summed E-state index contributed by atoms with van der Waals surface area (Å²) in [6, 6.07) is 6.45. The number of benzene rings is 1. The van der Waals surface area contributed by atoms with Crippen molar-refractivity contribution in [2.45, 2.75) is 60.0 Å². The van der Waals surface area contributed by atoms with Crippen molar-refractivity contribution in [3.63, 3.8) is 0 Å². The molecule has 0 fully saturated rings. The Balaban J connectivity index is 2.52. The fraction of sp³-hybridized carbons (Fsp3) is 0.625. The van der Waals surface area contributed by atoms with Crippen LogP contribution in [0.5, 0.6) is 0 Å². The standard InChI is InChI=1S/C16H26O/c1-12-8-6-9-13(2)14(12)10-7-11-15(17)16(3,4)5/h6,8-9,15,17H,7,10-11H2,1-5H3. The van der Waals surface area contributed by atoms with Crippen molar-refractivity contribution < 1.29 is 5.11 Å². The predicted molar refractivity (Wildman–Crippen MR) is 74.3 cm³/mol. The van der Waals surface area contributed by atoms with E-state index in [0.717, 1.165) is 19.3 Å². The summed E-state index contributed by atoms with van der Waals surface area (Å²) in [4.78, 5) is 0. The summed E-state index contributed by atoms with van der Waals surface area (Å²) < 4.78 is 0. The lowest BCUT2D eigenvalue weighted by molar-refractivity contribution is 0.0540. The molecule has 0 saturated heterocycles. The van der Waals surface area contributed by atoms with Gasteiger partial charge in [0.05, 0.1) is 6.10 Å². The van der Waals surface area contributed by atoms with Crippen LogP contribution in [0.2, 0.25) is 0 Å². The molecule has 0 saturated carbocycles. The first kappa shape index (κ1) is 14.2. The molecule has 0 aliphatic heterocycles.